The van der Waals surface area contributed by atoms with Crippen molar-refractivity contribution >= 4 is 5.97 Å². The quantitative estimate of drug-likeness (QED) is 0.525. The molecule has 0 spiro atoms. The summed E-state index contributed by atoms with van der Waals surface area (Å²) in [5.74, 6) is 1.36. The van der Waals surface area contributed by atoms with E-state index in [9.17, 15) is 4.79 Å². The molecule has 1 saturated carbocycles. The van der Waals surface area contributed by atoms with Crippen LogP contribution in [0.3, 0.4) is 0 Å². The molecule has 31 heavy (non-hydrogen) atoms. The first-order valence-corrected chi connectivity index (χ1v) is 11.4. The fourth-order valence-corrected chi connectivity index (χ4v) is 4.69. The SMILES string of the molecule is COc1ccc(CCO[C@H]2CCCC[C@@H]2N2CC[C@H](OC(=O)CN(C)C)C2)cc1OC. The smallest absolute Gasteiger partial charge is 0.320 e. The summed E-state index contributed by atoms with van der Waals surface area (Å²) in [5, 5.41) is 0. The number of esters is 1. The van der Waals surface area contributed by atoms with Crippen molar-refractivity contribution in [2.45, 2.75) is 56.8 Å². The Kier molecular flexibility index (Phi) is 8.99. The maximum atomic E-state index is 12.0. The van der Waals surface area contributed by atoms with Gasteiger partial charge >= 0.3 is 5.97 Å². The highest BCUT2D eigenvalue weighted by Crippen LogP contribution is 2.30. The molecule has 1 aliphatic carbocycles. The van der Waals surface area contributed by atoms with Crippen molar-refractivity contribution in [1.29, 1.82) is 0 Å². The number of hydrogen-bond donors (Lipinski definition) is 0. The molecule has 1 aromatic carbocycles. The predicted molar refractivity (Wildman–Crippen MR) is 120 cm³/mol. The van der Waals surface area contributed by atoms with Crippen LogP contribution in [0.4, 0.5) is 0 Å². The Hall–Kier alpha value is -1.83. The van der Waals surface area contributed by atoms with E-state index >= 15 is 0 Å². The number of rotatable bonds is 10. The van der Waals surface area contributed by atoms with Crippen molar-refractivity contribution in [3.63, 3.8) is 0 Å². The highest BCUT2D eigenvalue weighted by molar-refractivity contribution is 5.71. The molecule has 0 radical (unpaired) electrons. The highest BCUT2D eigenvalue weighted by atomic mass is 16.5. The molecule has 0 bridgehead atoms. The maximum Gasteiger partial charge on any atom is 0.320 e. The summed E-state index contributed by atoms with van der Waals surface area (Å²) >= 11 is 0. The predicted octanol–water partition coefficient (Wildman–Crippen LogP) is 2.75. The Balaban J connectivity index is 1.49. The number of nitrogens with zero attached hydrogens (tertiary/aromatic N) is 2. The van der Waals surface area contributed by atoms with Gasteiger partial charge in [0.05, 0.1) is 33.5 Å². The summed E-state index contributed by atoms with van der Waals surface area (Å²) in [6.45, 7) is 2.81. The summed E-state index contributed by atoms with van der Waals surface area (Å²) in [7, 11) is 7.07. The first-order chi connectivity index (χ1) is 15.0. The van der Waals surface area contributed by atoms with Crippen LogP contribution >= 0.6 is 0 Å². The summed E-state index contributed by atoms with van der Waals surface area (Å²) < 4.78 is 22.8. The number of hydrogen-bond acceptors (Lipinski definition) is 7. The molecule has 7 heteroatoms. The van der Waals surface area contributed by atoms with Gasteiger partial charge in [0.25, 0.3) is 0 Å². The standard InChI is InChI=1S/C24H38N2O5/c1-25(2)17-24(27)31-19-11-13-26(16-19)20-7-5-6-8-21(20)30-14-12-18-9-10-22(28-3)23(15-18)29-4/h9-10,15,19-21H,5-8,11-14,16-17H2,1-4H3/t19-,20-,21-/m0/s1. The summed E-state index contributed by atoms with van der Waals surface area (Å²) in [6.07, 6.45) is 6.70. The molecule has 1 saturated heterocycles. The molecule has 0 unspecified atom stereocenters. The van der Waals surface area contributed by atoms with E-state index in [4.69, 9.17) is 18.9 Å². The van der Waals surface area contributed by atoms with Gasteiger partial charge < -0.3 is 18.9 Å². The van der Waals surface area contributed by atoms with Crippen molar-refractivity contribution in [2.75, 3.05) is 54.6 Å². The second kappa shape index (κ2) is 11.7. The number of carbonyl (C=O) groups is 1. The third-order valence-electron chi connectivity index (χ3n) is 6.23. The number of likely N-dealkylation sites (N-methyl/N-ethyl adjacent to an activating group) is 1. The molecule has 3 atom stereocenters. The number of carbonyl (C=O) groups excluding carboxylic acids is 1. The van der Waals surface area contributed by atoms with E-state index < -0.39 is 0 Å². The van der Waals surface area contributed by atoms with E-state index in [2.05, 4.69) is 11.0 Å². The fraction of sp³-hybridized carbons (Fsp3) is 0.708. The second-order valence-corrected chi connectivity index (χ2v) is 8.83. The molecule has 2 fully saturated rings. The lowest BCUT2D eigenvalue weighted by Gasteiger charge is -2.37. The van der Waals surface area contributed by atoms with Crippen LogP contribution in [0.1, 0.15) is 37.7 Å². The Labute approximate surface area is 186 Å². The van der Waals surface area contributed by atoms with Crippen LogP contribution in [-0.2, 0) is 20.7 Å². The number of ether oxygens (including phenoxy) is 4. The third kappa shape index (κ3) is 6.82. The van der Waals surface area contributed by atoms with Gasteiger partial charge in [-0.2, -0.15) is 0 Å². The molecule has 0 N–H and O–H groups in total. The summed E-state index contributed by atoms with van der Waals surface area (Å²) in [5.41, 5.74) is 1.18. The normalized spacial score (nSPS) is 24.4. The molecular weight excluding hydrogens is 396 g/mol. The zero-order valence-corrected chi connectivity index (χ0v) is 19.5. The van der Waals surface area contributed by atoms with Gasteiger partial charge in [-0.3, -0.25) is 14.6 Å². The van der Waals surface area contributed by atoms with Crippen molar-refractivity contribution in [2.24, 2.45) is 0 Å². The Morgan fingerprint density at radius 2 is 1.87 bits per heavy atom. The lowest BCUT2D eigenvalue weighted by atomic mass is 9.91. The molecule has 2 aliphatic rings. The highest BCUT2D eigenvalue weighted by Gasteiger charge is 2.36. The van der Waals surface area contributed by atoms with Gasteiger partial charge in [0, 0.05) is 19.1 Å². The average molecular weight is 435 g/mol. The zero-order valence-electron chi connectivity index (χ0n) is 19.5. The van der Waals surface area contributed by atoms with Crippen LogP contribution < -0.4 is 9.47 Å². The van der Waals surface area contributed by atoms with Crippen molar-refractivity contribution < 1.29 is 23.7 Å². The van der Waals surface area contributed by atoms with Crippen LogP contribution in [-0.4, -0.2) is 88.6 Å². The first-order valence-electron chi connectivity index (χ1n) is 11.4. The molecule has 1 heterocycles. The topological polar surface area (TPSA) is 60.5 Å². The minimum absolute atomic E-state index is 0.00166. The van der Waals surface area contributed by atoms with Crippen molar-refractivity contribution in [1.82, 2.24) is 9.80 Å². The molecule has 1 aliphatic heterocycles. The first kappa shape index (κ1) is 23.8. The van der Waals surface area contributed by atoms with Gasteiger partial charge in [-0.15, -0.1) is 0 Å². The number of benzene rings is 1. The van der Waals surface area contributed by atoms with E-state index in [1.165, 1.54) is 18.4 Å². The van der Waals surface area contributed by atoms with Gasteiger partial charge in [0.2, 0.25) is 0 Å². The van der Waals surface area contributed by atoms with Crippen LogP contribution in [0.2, 0.25) is 0 Å². The minimum Gasteiger partial charge on any atom is -0.493 e. The maximum absolute atomic E-state index is 12.0. The lowest BCUT2D eigenvalue weighted by Crippen LogP contribution is -2.46. The second-order valence-electron chi connectivity index (χ2n) is 8.83. The van der Waals surface area contributed by atoms with Crippen LogP contribution in [0.5, 0.6) is 11.5 Å². The fourth-order valence-electron chi connectivity index (χ4n) is 4.69. The molecule has 1 aromatic rings. The van der Waals surface area contributed by atoms with E-state index in [0.717, 1.165) is 50.3 Å². The molecule has 0 amide bonds. The molecular formula is C24H38N2O5. The van der Waals surface area contributed by atoms with Gasteiger partial charge in [0.1, 0.15) is 6.10 Å². The third-order valence-corrected chi connectivity index (χ3v) is 6.23. The molecule has 7 nitrogen and oxygen atoms in total. The zero-order chi connectivity index (χ0) is 22.2. The Bertz CT molecular complexity index is 711. The van der Waals surface area contributed by atoms with Gasteiger partial charge in [-0.25, -0.2) is 0 Å². The van der Waals surface area contributed by atoms with E-state index in [1.807, 2.05) is 31.1 Å². The van der Waals surface area contributed by atoms with Crippen LogP contribution in [0, 0.1) is 0 Å². The minimum atomic E-state index is -0.136. The number of likely N-dealkylation sites (tertiary alicyclic amines) is 1. The number of methoxy groups -OCH3 is 2. The largest absolute Gasteiger partial charge is 0.493 e. The Morgan fingerprint density at radius 3 is 2.61 bits per heavy atom. The molecule has 0 aromatic heterocycles. The van der Waals surface area contributed by atoms with Gasteiger partial charge in [-0.1, -0.05) is 18.9 Å². The van der Waals surface area contributed by atoms with Crippen LogP contribution in [0.15, 0.2) is 18.2 Å². The van der Waals surface area contributed by atoms with E-state index in [1.54, 1.807) is 14.2 Å². The van der Waals surface area contributed by atoms with E-state index in [-0.39, 0.29) is 18.2 Å². The van der Waals surface area contributed by atoms with Crippen LogP contribution in [0.25, 0.3) is 0 Å². The Morgan fingerprint density at radius 1 is 1.10 bits per heavy atom. The van der Waals surface area contributed by atoms with E-state index in [0.29, 0.717) is 19.2 Å². The summed E-state index contributed by atoms with van der Waals surface area (Å²) in [6, 6.07) is 6.44. The lowest BCUT2D eigenvalue weighted by molar-refractivity contribution is -0.149. The molecule has 3 rings (SSSR count). The summed E-state index contributed by atoms with van der Waals surface area (Å²) in [4.78, 5) is 16.3. The molecule has 174 valence electrons. The van der Waals surface area contributed by atoms with Crippen molar-refractivity contribution in [3.05, 3.63) is 23.8 Å². The van der Waals surface area contributed by atoms with Crippen molar-refractivity contribution in [3.8, 4) is 11.5 Å². The van der Waals surface area contributed by atoms with Gasteiger partial charge in [-0.05, 0) is 57.5 Å². The van der Waals surface area contributed by atoms with Gasteiger partial charge in [0.15, 0.2) is 11.5 Å². The average Bonchev–Trinajstić information content (AvgIpc) is 3.21. The monoisotopic (exact) mass is 434 g/mol.